The molecular formula is C17H32N2O2. The molecule has 1 fully saturated rings. The summed E-state index contributed by atoms with van der Waals surface area (Å²) in [5, 5.41) is 0. The summed E-state index contributed by atoms with van der Waals surface area (Å²) >= 11 is 0. The molecule has 0 spiro atoms. The lowest BCUT2D eigenvalue weighted by atomic mass is 9.90. The second-order valence-corrected chi connectivity index (χ2v) is 7.77. The second-order valence-electron chi connectivity index (χ2n) is 7.77. The summed E-state index contributed by atoms with van der Waals surface area (Å²) in [5.41, 5.74) is -0.374. The van der Waals surface area contributed by atoms with Crippen LogP contribution in [0.2, 0.25) is 0 Å². The number of amides is 2. The van der Waals surface area contributed by atoms with Gasteiger partial charge in [0.05, 0.1) is 5.92 Å². The van der Waals surface area contributed by atoms with E-state index < -0.39 is 0 Å². The van der Waals surface area contributed by atoms with E-state index in [4.69, 9.17) is 0 Å². The molecule has 0 aromatic heterocycles. The summed E-state index contributed by atoms with van der Waals surface area (Å²) in [6, 6.07) is 0.400. The Labute approximate surface area is 129 Å². The highest BCUT2D eigenvalue weighted by Crippen LogP contribution is 2.25. The summed E-state index contributed by atoms with van der Waals surface area (Å²) in [6.07, 6.45) is 1.81. The second kappa shape index (κ2) is 6.80. The first-order valence-corrected chi connectivity index (χ1v) is 8.17. The molecule has 4 nitrogen and oxygen atoms in total. The molecule has 1 heterocycles. The van der Waals surface area contributed by atoms with E-state index in [0.29, 0.717) is 6.54 Å². The van der Waals surface area contributed by atoms with Crippen LogP contribution in [-0.2, 0) is 9.59 Å². The number of nitrogens with zero attached hydrogens (tertiary/aromatic N) is 2. The van der Waals surface area contributed by atoms with E-state index in [1.807, 2.05) is 30.6 Å². The average Bonchev–Trinajstić information content (AvgIpc) is 2.36. The molecule has 122 valence electrons. The van der Waals surface area contributed by atoms with Crippen molar-refractivity contribution in [2.75, 3.05) is 13.1 Å². The van der Waals surface area contributed by atoms with Crippen LogP contribution in [-0.4, -0.2) is 46.8 Å². The highest BCUT2D eigenvalue weighted by Gasteiger charge is 2.35. The smallest absolute Gasteiger partial charge is 0.227 e. The first kappa shape index (κ1) is 18.0. The maximum atomic E-state index is 12.8. The highest BCUT2D eigenvalue weighted by atomic mass is 16.2. The predicted molar refractivity (Wildman–Crippen MR) is 85.9 cm³/mol. The van der Waals surface area contributed by atoms with Crippen molar-refractivity contribution in [2.24, 2.45) is 11.3 Å². The molecule has 1 aliphatic rings. The standard InChI is InChI=1S/C17H32N2O2/c1-12(2)19(13(3)4)15(20)14-9-8-10-18(11-14)16(21)17(5,6)7/h12-14H,8-11H2,1-7H3/t14-/m1/s1. The van der Waals surface area contributed by atoms with Gasteiger partial charge in [-0.3, -0.25) is 9.59 Å². The van der Waals surface area contributed by atoms with Crippen LogP contribution in [0.4, 0.5) is 0 Å². The zero-order valence-corrected chi connectivity index (χ0v) is 14.8. The van der Waals surface area contributed by atoms with Crippen LogP contribution in [0, 0.1) is 11.3 Å². The molecule has 1 rings (SSSR count). The first-order chi connectivity index (χ1) is 9.55. The predicted octanol–water partition coefficient (Wildman–Crippen LogP) is 2.92. The van der Waals surface area contributed by atoms with Gasteiger partial charge in [-0.25, -0.2) is 0 Å². The highest BCUT2D eigenvalue weighted by molar-refractivity contribution is 5.84. The quantitative estimate of drug-likeness (QED) is 0.803. The van der Waals surface area contributed by atoms with Crippen molar-refractivity contribution < 1.29 is 9.59 Å². The molecule has 0 saturated carbocycles. The molecule has 1 atom stereocenters. The van der Waals surface area contributed by atoms with E-state index in [9.17, 15) is 9.59 Å². The third kappa shape index (κ3) is 4.45. The van der Waals surface area contributed by atoms with E-state index in [2.05, 4.69) is 27.7 Å². The lowest BCUT2D eigenvalue weighted by molar-refractivity contribution is -0.147. The van der Waals surface area contributed by atoms with Crippen molar-refractivity contribution >= 4 is 11.8 Å². The van der Waals surface area contributed by atoms with Crippen molar-refractivity contribution in [1.29, 1.82) is 0 Å². The lowest BCUT2D eigenvalue weighted by Gasteiger charge is -2.39. The van der Waals surface area contributed by atoms with Crippen molar-refractivity contribution in [3.05, 3.63) is 0 Å². The lowest BCUT2D eigenvalue weighted by Crippen LogP contribution is -2.52. The molecule has 0 bridgehead atoms. The van der Waals surface area contributed by atoms with Crippen LogP contribution in [0.15, 0.2) is 0 Å². The normalized spacial score (nSPS) is 20.0. The van der Waals surface area contributed by atoms with E-state index in [0.717, 1.165) is 19.4 Å². The molecule has 0 radical (unpaired) electrons. The largest absolute Gasteiger partial charge is 0.341 e. The average molecular weight is 296 g/mol. The van der Waals surface area contributed by atoms with Crippen molar-refractivity contribution in [3.63, 3.8) is 0 Å². The summed E-state index contributed by atoms with van der Waals surface area (Å²) in [7, 11) is 0. The Kier molecular flexibility index (Phi) is 5.83. The van der Waals surface area contributed by atoms with Crippen LogP contribution in [0.25, 0.3) is 0 Å². The van der Waals surface area contributed by atoms with Crippen LogP contribution in [0.1, 0.15) is 61.3 Å². The van der Waals surface area contributed by atoms with Crippen molar-refractivity contribution in [1.82, 2.24) is 9.80 Å². The van der Waals surface area contributed by atoms with Crippen molar-refractivity contribution in [3.8, 4) is 0 Å². The minimum absolute atomic E-state index is 0.0464. The van der Waals surface area contributed by atoms with Gasteiger partial charge in [0.25, 0.3) is 0 Å². The molecular weight excluding hydrogens is 264 g/mol. The van der Waals surface area contributed by atoms with Gasteiger partial charge in [0.2, 0.25) is 11.8 Å². The van der Waals surface area contributed by atoms with Crippen LogP contribution in [0.3, 0.4) is 0 Å². The minimum Gasteiger partial charge on any atom is -0.341 e. The summed E-state index contributed by atoms with van der Waals surface area (Å²) in [6.45, 7) is 15.4. The fourth-order valence-electron chi connectivity index (χ4n) is 3.15. The maximum absolute atomic E-state index is 12.8. The molecule has 4 heteroatoms. The monoisotopic (exact) mass is 296 g/mol. The zero-order valence-electron chi connectivity index (χ0n) is 14.8. The molecule has 1 saturated heterocycles. The van der Waals surface area contributed by atoms with Gasteiger partial charge < -0.3 is 9.80 Å². The molecule has 0 aromatic carbocycles. The molecule has 1 aliphatic heterocycles. The Morgan fingerprint density at radius 1 is 1.10 bits per heavy atom. The third-order valence-electron chi connectivity index (χ3n) is 4.07. The Bertz CT molecular complexity index is 375. The third-order valence-corrected chi connectivity index (χ3v) is 4.07. The van der Waals surface area contributed by atoms with Gasteiger partial charge in [0, 0.05) is 30.6 Å². The Morgan fingerprint density at radius 3 is 2.05 bits per heavy atom. The van der Waals surface area contributed by atoms with Gasteiger partial charge in [0.1, 0.15) is 0 Å². The van der Waals surface area contributed by atoms with Gasteiger partial charge in [-0.15, -0.1) is 0 Å². The van der Waals surface area contributed by atoms with Crippen LogP contribution >= 0.6 is 0 Å². The first-order valence-electron chi connectivity index (χ1n) is 8.17. The molecule has 21 heavy (non-hydrogen) atoms. The Balaban J connectivity index is 2.80. The summed E-state index contributed by atoms with van der Waals surface area (Å²) in [5.74, 6) is 0.307. The number of carbonyl (C=O) groups is 2. The van der Waals surface area contributed by atoms with E-state index in [-0.39, 0.29) is 35.2 Å². The van der Waals surface area contributed by atoms with Gasteiger partial charge in [-0.2, -0.15) is 0 Å². The van der Waals surface area contributed by atoms with E-state index >= 15 is 0 Å². The van der Waals surface area contributed by atoms with E-state index in [1.54, 1.807) is 0 Å². The zero-order chi connectivity index (χ0) is 16.4. The summed E-state index contributed by atoms with van der Waals surface area (Å²) in [4.78, 5) is 29.0. The van der Waals surface area contributed by atoms with Gasteiger partial charge >= 0.3 is 0 Å². The van der Waals surface area contributed by atoms with Gasteiger partial charge in [-0.1, -0.05) is 20.8 Å². The molecule has 0 N–H and O–H groups in total. The fourth-order valence-corrected chi connectivity index (χ4v) is 3.15. The summed E-state index contributed by atoms with van der Waals surface area (Å²) < 4.78 is 0. The van der Waals surface area contributed by atoms with Gasteiger partial charge in [-0.05, 0) is 40.5 Å². The molecule has 0 unspecified atom stereocenters. The van der Waals surface area contributed by atoms with Crippen molar-refractivity contribution in [2.45, 2.75) is 73.4 Å². The van der Waals surface area contributed by atoms with Crippen LogP contribution in [0.5, 0.6) is 0 Å². The number of hydrogen-bond donors (Lipinski definition) is 0. The minimum atomic E-state index is -0.374. The topological polar surface area (TPSA) is 40.6 Å². The van der Waals surface area contributed by atoms with Gasteiger partial charge in [0.15, 0.2) is 0 Å². The maximum Gasteiger partial charge on any atom is 0.227 e. The van der Waals surface area contributed by atoms with E-state index in [1.165, 1.54) is 0 Å². The Hall–Kier alpha value is -1.06. The number of likely N-dealkylation sites (tertiary alicyclic amines) is 1. The number of rotatable bonds is 3. The number of piperidine rings is 1. The fraction of sp³-hybridized carbons (Fsp3) is 0.882. The SMILES string of the molecule is CC(C)N(C(=O)[C@@H]1CCCN(C(=O)C(C)(C)C)C1)C(C)C. The molecule has 0 aromatic rings. The number of hydrogen-bond acceptors (Lipinski definition) is 2. The number of carbonyl (C=O) groups excluding carboxylic acids is 2. The van der Waals surface area contributed by atoms with Crippen LogP contribution < -0.4 is 0 Å². The molecule has 0 aliphatic carbocycles. The Morgan fingerprint density at radius 2 is 1.62 bits per heavy atom. The molecule has 2 amide bonds.